The highest BCUT2D eigenvalue weighted by molar-refractivity contribution is 5.43. The number of hydrogen-bond acceptors (Lipinski definition) is 3. The topological polar surface area (TPSA) is 38.5 Å². The van der Waals surface area contributed by atoms with Crippen LogP contribution < -0.4 is 10.5 Å². The molecule has 1 fully saturated rings. The van der Waals surface area contributed by atoms with Gasteiger partial charge in [0.05, 0.1) is 7.11 Å². The lowest BCUT2D eigenvalue weighted by atomic mass is 9.73. The van der Waals surface area contributed by atoms with E-state index in [2.05, 4.69) is 36.9 Å². The van der Waals surface area contributed by atoms with Crippen LogP contribution in [0.3, 0.4) is 0 Å². The average molecular weight is 274 g/mol. The number of nitrogens with two attached hydrogens (primary N) is 1. The third-order valence-electron chi connectivity index (χ3n) is 5.41. The smallest absolute Gasteiger partial charge is 0.119 e. The maximum absolute atomic E-state index is 6.63. The Morgan fingerprint density at radius 2 is 2.00 bits per heavy atom. The van der Waals surface area contributed by atoms with Crippen molar-refractivity contribution in [3.8, 4) is 5.75 Å². The minimum absolute atomic E-state index is 0.168. The van der Waals surface area contributed by atoms with Crippen LogP contribution in [-0.2, 0) is 6.42 Å². The molecular weight excluding hydrogens is 248 g/mol. The van der Waals surface area contributed by atoms with Gasteiger partial charge < -0.3 is 15.4 Å². The van der Waals surface area contributed by atoms with Gasteiger partial charge in [-0.05, 0) is 74.9 Å². The van der Waals surface area contributed by atoms with E-state index in [1.165, 1.54) is 37.1 Å². The second kappa shape index (κ2) is 5.05. The van der Waals surface area contributed by atoms with E-state index in [4.69, 9.17) is 10.5 Å². The van der Waals surface area contributed by atoms with E-state index in [1.54, 1.807) is 7.11 Å². The molecule has 1 aliphatic carbocycles. The molecule has 1 atom stereocenters. The van der Waals surface area contributed by atoms with Gasteiger partial charge in [0.25, 0.3) is 0 Å². The monoisotopic (exact) mass is 274 g/mol. The van der Waals surface area contributed by atoms with Crippen molar-refractivity contribution < 1.29 is 4.74 Å². The Hall–Kier alpha value is -1.06. The van der Waals surface area contributed by atoms with E-state index >= 15 is 0 Å². The van der Waals surface area contributed by atoms with Gasteiger partial charge in [0.1, 0.15) is 5.75 Å². The van der Waals surface area contributed by atoms with Crippen molar-refractivity contribution in [2.45, 2.75) is 45.2 Å². The highest BCUT2D eigenvalue weighted by atomic mass is 16.5. The molecule has 0 radical (unpaired) electrons. The summed E-state index contributed by atoms with van der Waals surface area (Å²) in [5.74, 6) is 0.927. The zero-order valence-corrected chi connectivity index (χ0v) is 12.9. The summed E-state index contributed by atoms with van der Waals surface area (Å²) in [6.07, 6.45) is 3.56. The van der Waals surface area contributed by atoms with Gasteiger partial charge in [0.15, 0.2) is 0 Å². The first-order valence-corrected chi connectivity index (χ1v) is 7.72. The molecule has 1 aromatic rings. The zero-order chi connectivity index (χ0) is 14.3. The van der Waals surface area contributed by atoms with Crippen LogP contribution in [0.25, 0.3) is 0 Å². The van der Waals surface area contributed by atoms with Crippen molar-refractivity contribution in [3.63, 3.8) is 0 Å². The fourth-order valence-corrected chi connectivity index (χ4v) is 3.94. The molecular formula is C17H26N2O. The van der Waals surface area contributed by atoms with Crippen LogP contribution in [0.15, 0.2) is 18.2 Å². The Morgan fingerprint density at radius 3 is 2.60 bits per heavy atom. The highest BCUT2D eigenvalue weighted by Crippen LogP contribution is 2.51. The molecule has 0 aromatic heterocycles. The predicted molar refractivity (Wildman–Crippen MR) is 82.0 cm³/mol. The number of fused-ring (bicyclic) bond motifs is 1. The Balaban J connectivity index is 1.81. The molecule has 3 nitrogen and oxygen atoms in total. The number of hydrogen-bond donors (Lipinski definition) is 1. The van der Waals surface area contributed by atoms with Gasteiger partial charge in [-0.1, -0.05) is 6.07 Å². The van der Waals surface area contributed by atoms with Crippen LogP contribution in [0.5, 0.6) is 5.75 Å². The van der Waals surface area contributed by atoms with E-state index in [9.17, 15) is 0 Å². The molecule has 20 heavy (non-hydrogen) atoms. The van der Waals surface area contributed by atoms with Crippen molar-refractivity contribution >= 4 is 0 Å². The molecule has 2 N–H and O–H groups in total. The summed E-state index contributed by atoms with van der Waals surface area (Å²) >= 11 is 0. The van der Waals surface area contributed by atoms with Gasteiger partial charge in [0, 0.05) is 12.1 Å². The molecule has 0 amide bonds. The van der Waals surface area contributed by atoms with Gasteiger partial charge in [-0.2, -0.15) is 0 Å². The lowest BCUT2D eigenvalue weighted by Crippen LogP contribution is -2.46. The number of ether oxygens (including phenoxy) is 1. The first kappa shape index (κ1) is 13.9. The highest BCUT2D eigenvalue weighted by Gasteiger charge is 2.46. The van der Waals surface area contributed by atoms with E-state index in [0.717, 1.165) is 12.2 Å². The number of likely N-dealkylation sites (tertiary alicyclic amines) is 1. The SMILES string of the molecule is COc1ccc2c(c1)[C@H](N)C1(CCN(C(C)C)CC1)C2. The van der Waals surface area contributed by atoms with Crippen molar-refractivity contribution in [3.05, 3.63) is 29.3 Å². The van der Waals surface area contributed by atoms with E-state index in [1.807, 2.05) is 0 Å². The second-order valence-electron chi connectivity index (χ2n) is 6.71. The van der Waals surface area contributed by atoms with Gasteiger partial charge in [-0.3, -0.25) is 0 Å². The first-order chi connectivity index (χ1) is 9.55. The number of nitrogens with zero attached hydrogens (tertiary/aromatic N) is 1. The molecule has 1 saturated heterocycles. The molecule has 3 heteroatoms. The van der Waals surface area contributed by atoms with Crippen molar-refractivity contribution in [2.24, 2.45) is 11.1 Å². The van der Waals surface area contributed by atoms with Crippen LogP contribution in [0.1, 0.15) is 43.9 Å². The summed E-state index contributed by atoms with van der Waals surface area (Å²) in [7, 11) is 1.72. The second-order valence-corrected chi connectivity index (χ2v) is 6.71. The molecule has 1 aromatic carbocycles. The largest absolute Gasteiger partial charge is 0.497 e. The summed E-state index contributed by atoms with van der Waals surface area (Å²) in [4.78, 5) is 2.57. The predicted octanol–water partition coefficient (Wildman–Crippen LogP) is 2.74. The molecule has 110 valence electrons. The summed E-state index contributed by atoms with van der Waals surface area (Å²) in [6, 6.07) is 7.23. The maximum atomic E-state index is 6.63. The van der Waals surface area contributed by atoms with Crippen LogP contribution in [-0.4, -0.2) is 31.1 Å². The minimum atomic E-state index is 0.168. The third-order valence-corrected chi connectivity index (χ3v) is 5.41. The van der Waals surface area contributed by atoms with Crippen LogP contribution >= 0.6 is 0 Å². The fraction of sp³-hybridized carbons (Fsp3) is 0.647. The summed E-state index contributed by atoms with van der Waals surface area (Å²) in [5.41, 5.74) is 9.64. The van der Waals surface area contributed by atoms with Gasteiger partial charge in [-0.15, -0.1) is 0 Å². The number of benzene rings is 1. The maximum Gasteiger partial charge on any atom is 0.119 e. The molecule has 1 aliphatic heterocycles. The molecule has 0 unspecified atom stereocenters. The number of piperidine rings is 1. The molecule has 0 saturated carbocycles. The lowest BCUT2D eigenvalue weighted by molar-refractivity contribution is 0.0710. The molecule has 0 bridgehead atoms. The molecule has 2 aliphatic rings. The summed E-state index contributed by atoms with van der Waals surface area (Å²) in [5, 5.41) is 0. The van der Waals surface area contributed by atoms with E-state index in [0.29, 0.717) is 6.04 Å². The average Bonchev–Trinajstić information content (AvgIpc) is 2.72. The fourth-order valence-electron chi connectivity index (χ4n) is 3.94. The van der Waals surface area contributed by atoms with Crippen LogP contribution in [0, 0.1) is 5.41 Å². The van der Waals surface area contributed by atoms with Crippen molar-refractivity contribution in [2.75, 3.05) is 20.2 Å². The minimum Gasteiger partial charge on any atom is -0.497 e. The normalized spacial score (nSPS) is 25.1. The molecule has 1 heterocycles. The Kier molecular flexibility index (Phi) is 3.51. The van der Waals surface area contributed by atoms with Crippen molar-refractivity contribution in [1.82, 2.24) is 4.90 Å². The van der Waals surface area contributed by atoms with E-state index < -0.39 is 0 Å². The summed E-state index contributed by atoms with van der Waals surface area (Å²) in [6.45, 7) is 6.92. The van der Waals surface area contributed by atoms with Crippen LogP contribution in [0.4, 0.5) is 0 Å². The van der Waals surface area contributed by atoms with Crippen LogP contribution in [0.2, 0.25) is 0 Å². The molecule has 1 spiro atoms. The number of methoxy groups -OCH3 is 1. The summed E-state index contributed by atoms with van der Waals surface area (Å²) < 4.78 is 5.35. The van der Waals surface area contributed by atoms with Gasteiger partial charge >= 0.3 is 0 Å². The standard InChI is InChI=1S/C17H26N2O/c1-12(2)19-8-6-17(7-9-19)11-13-4-5-14(20-3)10-15(13)16(17)18/h4-5,10,12,16H,6-9,11,18H2,1-3H3/t16-/m0/s1. The first-order valence-electron chi connectivity index (χ1n) is 7.72. The number of rotatable bonds is 2. The van der Waals surface area contributed by atoms with Gasteiger partial charge in [0.2, 0.25) is 0 Å². The van der Waals surface area contributed by atoms with E-state index in [-0.39, 0.29) is 11.5 Å². The Bertz CT molecular complexity index is 490. The van der Waals surface area contributed by atoms with Gasteiger partial charge in [-0.25, -0.2) is 0 Å². The zero-order valence-electron chi connectivity index (χ0n) is 12.9. The lowest BCUT2D eigenvalue weighted by Gasteiger charge is -2.43. The Morgan fingerprint density at radius 1 is 1.30 bits per heavy atom. The quantitative estimate of drug-likeness (QED) is 0.901. The Labute approximate surface area is 122 Å². The molecule has 3 rings (SSSR count). The third kappa shape index (κ3) is 2.13. The van der Waals surface area contributed by atoms with Crippen molar-refractivity contribution in [1.29, 1.82) is 0 Å².